The summed E-state index contributed by atoms with van der Waals surface area (Å²) in [6.07, 6.45) is 5.06. The Morgan fingerprint density at radius 3 is 2.64 bits per heavy atom. The van der Waals surface area contributed by atoms with Gasteiger partial charge in [0.15, 0.2) is 0 Å². The smallest absolute Gasteiger partial charge is 0.0622 e. The summed E-state index contributed by atoms with van der Waals surface area (Å²) >= 11 is 0. The van der Waals surface area contributed by atoms with Gasteiger partial charge in [-0.1, -0.05) is 0 Å². The predicted molar refractivity (Wildman–Crippen MR) is 51.6 cm³/mol. The number of nitrogens with zero attached hydrogens (tertiary/aromatic N) is 2. The highest BCUT2D eigenvalue weighted by atomic mass is 16.5. The Balaban J connectivity index is 2.17. The van der Waals surface area contributed by atoms with Crippen molar-refractivity contribution in [3.05, 3.63) is 30.1 Å². The van der Waals surface area contributed by atoms with E-state index >= 15 is 0 Å². The maximum Gasteiger partial charge on any atom is 0.0622 e. The van der Waals surface area contributed by atoms with Gasteiger partial charge in [-0.2, -0.15) is 5.26 Å². The zero-order chi connectivity index (χ0) is 9.86. The first kappa shape index (κ1) is 9.17. The van der Waals surface area contributed by atoms with Gasteiger partial charge >= 0.3 is 0 Å². The minimum atomic E-state index is 0.0820. The van der Waals surface area contributed by atoms with Crippen molar-refractivity contribution in [2.45, 2.75) is 18.3 Å². The van der Waals surface area contributed by atoms with E-state index in [0.717, 1.165) is 19.6 Å². The monoisotopic (exact) mass is 188 g/mol. The van der Waals surface area contributed by atoms with E-state index < -0.39 is 0 Å². The molecule has 1 aliphatic rings. The van der Waals surface area contributed by atoms with Gasteiger partial charge in [0, 0.05) is 24.2 Å². The second-order valence-electron chi connectivity index (χ2n) is 3.67. The van der Waals surface area contributed by atoms with Gasteiger partial charge in [0.25, 0.3) is 0 Å². The van der Waals surface area contributed by atoms with Gasteiger partial charge in [0.2, 0.25) is 0 Å². The minimum Gasteiger partial charge on any atom is -0.379 e. The number of rotatable bonds is 3. The normalized spacial score (nSPS) is 18.2. The van der Waals surface area contributed by atoms with Crippen molar-refractivity contribution in [3.63, 3.8) is 0 Å². The largest absolute Gasteiger partial charge is 0.379 e. The molecule has 0 radical (unpaired) electrons. The molecular weight excluding hydrogens is 176 g/mol. The second kappa shape index (κ2) is 3.77. The quantitative estimate of drug-likeness (QED) is 0.724. The van der Waals surface area contributed by atoms with Crippen LogP contribution in [-0.4, -0.2) is 18.2 Å². The fourth-order valence-corrected chi connectivity index (χ4v) is 1.80. The predicted octanol–water partition coefficient (Wildman–Crippen LogP) is 1.65. The number of aromatic nitrogens is 1. The zero-order valence-electron chi connectivity index (χ0n) is 7.94. The molecule has 0 N–H and O–H groups in total. The van der Waals surface area contributed by atoms with Crippen LogP contribution in [0.4, 0.5) is 0 Å². The molecule has 1 aromatic rings. The van der Waals surface area contributed by atoms with Crippen molar-refractivity contribution in [1.82, 2.24) is 4.98 Å². The van der Waals surface area contributed by atoms with E-state index in [1.807, 2.05) is 12.1 Å². The number of pyridine rings is 1. The molecule has 1 saturated heterocycles. The van der Waals surface area contributed by atoms with Gasteiger partial charge in [-0.15, -0.1) is 0 Å². The third-order valence-electron chi connectivity index (χ3n) is 2.76. The zero-order valence-corrected chi connectivity index (χ0v) is 7.94. The van der Waals surface area contributed by atoms with Crippen molar-refractivity contribution < 1.29 is 4.74 Å². The summed E-state index contributed by atoms with van der Waals surface area (Å²) in [7, 11) is 0. The van der Waals surface area contributed by atoms with Crippen LogP contribution in [0.1, 0.15) is 18.4 Å². The number of hydrogen-bond acceptors (Lipinski definition) is 3. The van der Waals surface area contributed by atoms with Crippen LogP contribution in [-0.2, 0) is 10.2 Å². The lowest BCUT2D eigenvalue weighted by Crippen LogP contribution is -2.46. The van der Waals surface area contributed by atoms with Gasteiger partial charge in [0.1, 0.15) is 0 Å². The van der Waals surface area contributed by atoms with E-state index in [1.165, 1.54) is 5.56 Å². The third-order valence-corrected chi connectivity index (χ3v) is 2.76. The first-order valence-electron chi connectivity index (χ1n) is 4.73. The van der Waals surface area contributed by atoms with E-state index in [2.05, 4.69) is 11.1 Å². The van der Waals surface area contributed by atoms with Crippen molar-refractivity contribution in [2.75, 3.05) is 13.2 Å². The molecule has 14 heavy (non-hydrogen) atoms. The molecule has 2 rings (SSSR count). The fraction of sp³-hybridized carbons (Fsp3) is 0.455. The lowest BCUT2D eigenvalue weighted by Gasteiger charge is -2.41. The summed E-state index contributed by atoms with van der Waals surface area (Å²) < 4.78 is 5.26. The summed E-state index contributed by atoms with van der Waals surface area (Å²) in [5.74, 6) is 0. The van der Waals surface area contributed by atoms with Crippen molar-refractivity contribution in [3.8, 4) is 6.07 Å². The second-order valence-corrected chi connectivity index (χ2v) is 3.67. The molecule has 1 aliphatic heterocycles. The van der Waals surface area contributed by atoms with Gasteiger partial charge in [0.05, 0.1) is 19.3 Å². The summed E-state index contributed by atoms with van der Waals surface area (Å²) in [5.41, 5.74) is 1.33. The molecule has 72 valence electrons. The molecule has 2 heterocycles. The van der Waals surface area contributed by atoms with Crippen LogP contribution in [0.3, 0.4) is 0 Å². The summed E-state index contributed by atoms with van der Waals surface area (Å²) in [5, 5.41) is 8.59. The maximum atomic E-state index is 8.59. The molecule has 0 aliphatic carbocycles. The summed E-state index contributed by atoms with van der Waals surface area (Å²) in [4.78, 5) is 3.99. The molecule has 1 aromatic heterocycles. The molecule has 0 unspecified atom stereocenters. The van der Waals surface area contributed by atoms with Gasteiger partial charge in [-0.05, 0) is 24.1 Å². The first-order valence-corrected chi connectivity index (χ1v) is 4.73. The van der Waals surface area contributed by atoms with E-state index in [4.69, 9.17) is 10.00 Å². The van der Waals surface area contributed by atoms with Crippen LogP contribution < -0.4 is 0 Å². The number of nitriles is 1. The highest BCUT2D eigenvalue weighted by molar-refractivity contribution is 5.25. The SMILES string of the molecule is N#CCCC1(c2ccncc2)COC1. The average Bonchev–Trinajstić information content (AvgIpc) is 2.18. The van der Waals surface area contributed by atoms with E-state index in [-0.39, 0.29) is 5.41 Å². The lowest BCUT2D eigenvalue weighted by atomic mass is 9.75. The third kappa shape index (κ3) is 1.49. The molecule has 3 heteroatoms. The Kier molecular flexibility index (Phi) is 2.47. The Hall–Kier alpha value is -1.40. The highest BCUT2D eigenvalue weighted by Gasteiger charge is 2.39. The van der Waals surface area contributed by atoms with Crippen LogP contribution in [0.5, 0.6) is 0 Å². The molecule has 0 bridgehead atoms. The Morgan fingerprint density at radius 1 is 1.43 bits per heavy atom. The lowest BCUT2D eigenvalue weighted by molar-refractivity contribution is -0.0637. The molecular formula is C11H12N2O. The molecule has 0 aromatic carbocycles. The molecule has 0 spiro atoms. The van der Waals surface area contributed by atoms with Crippen molar-refractivity contribution >= 4 is 0 Å². The topological polar surface area (TPSA) is 45.9 Å². The fourth-order valence-electron chi connectivity index (χ4n) is 1.80. The van der Waals surface area contributed by atoms with Gasteiger partial charge in [-0.3, -0.25) is 4.98 Å². The van der Waals surface area contributed by atoms with Crippen LogP contribution in [0, 0.1) is 11.3 Å². The van der Waals surface area contributed by atoms with Gasteiger partial charge < -0.3 is 4.74 Å². The molecule has 3 nitrogen and oxygen atoms in total. The van der Waals surface area contributed by atoms with Crippen molar-refractivity contribution in [1.29, 1.82) is 5.26 Å². The standard InChI is InChI=1S/C11H12N2O/c12-5-1-4-11(8-14-9-11)10-2-6-13-7-3-10/h2-3,6-7H,1,4,8-9H2. The van der Waals surface area contributed by atoms with Crippen LogP contribution in [0.15, 0.2) is 24.5 Å². The Labute approximate surface area is 83.3 Å². The molecule has 0 saturated carbocycles. The van der Waals surface area contributed by atoms with Gasteiger partial charge in [-0.25, -0.2) is 0 Å². The minimum absolute atomic E-state index is 0.0820. The van der Waals surface area contributed by atoms with Crippen LogP contribution in [0.2, 0.25) is 0 Å². The summed E-state index contributed by atoms with van der Waals surface area (Å²) in [6, 6.07) is 6.22. The Morgan fingerprint density at radius 2 is 2.14 bits per heavy atom. The Bertz CT molecular complexity index is 338. The first-order chi connectivity index (χ1) is 6.87. The van der Waals surface area contributed by atoms with Crippen molar-refractivity contribution in [2.24, 2.45) is 0 Å². The number of hydrogen-bond donors (Lipinski definition) is 0. The molecule has 0 amide bonds. The average molecular weight is 188 g/mol. The molecule has 0 atom stereocenters. The van der Waals surface area contributed by atoms with Crippen LogP contribution >= 0.6 is 0 Å². The maximum absolute atomic E-state index is 8.59. The molecule has 1 fully saturated rings. The van der Waals surface area contributed by atoms with E-state index in [0.29, 0.717) is 6.42 Å². The van der Waals surface area contributed by atoms with Crippen LogP contribution in [0.25, 0.3) is 0 Å². The van der Waals surface area contributed by atoms with E-state index in [9.17, 15) is 0 Å². The highest BCUT2D eigenvalue weighted by Crippen LogP contribution is 2.36. The summed E-state index contributed by atoms with van der Waals surface area (Å²) in [6.45, 7) is 1.47. The number of ether oxygens (including phenoxy) is 1. The van der Waals surface area contributed by atoms with E-state index in [1.54, 1.807) is 12.4 Å².